The van der Waals surface area contributed by atoms with E-state index in [0.717, 1.165) is 44.7 Å². The molecule has 24 heavy (non-hydrogen) atoms. The zero-order valence-electron chi connectivity index (χ0n) is 14.9. The summed E-state index contributed by atoms with van der Waals surface area (Å²) in [6.45, 7) is 5.51. The van der Waals surface area contributed by atoms with Crippen molar-refractivity contribution in [2.24, 2.45) is 13.0 Å². The predicted octanol–water partition coefficient (Wildman–Crippen LogP) is 3.11. The molecule has 1 unspecified atom stereocenters. The van der Waals surface area contributed by atoms with Gasteiger partial charge in [-0.15, -0.1) is 0 Å². The molecule has 1 aromatic heterocycles. The summed E-state index contributed by atoms with van der Waals surface area (Å²) in [5.74, 6) is 1.13. The molecule has 0 amide bonds. The van der Waals surface area contributed by atoms with E-state index in [1.807, 2.05) is 17.8 Å². The zero-order valence-corrected chi connectivity index (χ0v) is 14.9. The van der Waals surface area contributed by atoms with Crippen LogP contribution in [0.15, 0.2) is 36.7 Å². The standard InChI is InChI=1S/C20H29N3O/c1-16-6-3-4-7-17(16)8-5-12-23-13-9-18(10-14-23)19(24)20-21-11-15-22(20)2/h3-4,6-7,11,15,18-19,24H,5,8-10,12-14H2,1-2H3. The highest BCUT2D eigenvalue weighted by Crippen LogP contribution is 2.29. The van der Waals surface area contributed by atoms with E-state index in [0.29, 0.717) is 5.92 Å². The molecule has 1 fully saturated rings. The highest BCUT2D eigenvalue weighted by Gasteiger charge is 2.28. The summed E-state index contributed by atoms with van der Waals surface area (Å²) in [4.78, 5) is 6.84. The monoisotopic (exact) mass is 327 g/mol. The highest BCUT2D eigenvalue weighted by molar-refractivity contribution is 5.25. The van der Waals surface area contributed by atoms with Crippen molar-refractivity contribution in [1.82, 2.24) is 14.5 Å². The largest absolute Gasteiger partial charge is 0.385 e. The first-order valence-corrected chi connectivity index (χ1v) is 9.07. The molecule has 1 aliphatic rings. The highest BCUT2D eigenvalue weighted by atomic mass is 16.3. The Kier molecular flexibility index (Phi) is 5.69. The van der Waals surface area contributed by atoms with Gasteiger partial charge < -0.3 is 14.6 Å². The Hall–Kier alpha value is -1.65. The molecule has 0 radical (unpaired) electrons. The van der Waals surface area contributed by atoms with Crippen LogP contribution in [0.5, 0.6) is 0 Å². The second-order valence-corrected chi connectivity index (χ2v) is 7.05. The zero-order chi connectivity index (χ0) is 16.9. The van der Waals surface area contributed by atoms with Crippen LogP contribution in [0.3, 0.4) is 0 Å². The normalized spacial score (nSPS) is 18.0. The van der Waals surface area contributed by atoms with E-state index < -0.39 is 6.10 Å². The number of nitrogens with zero attached hydrogens (tertiary/aromatic N) is 3. The summed E-state index contributed by atoms with van der Waals surface area (Å²) in [7, 11) is 1.95. The lowest BCUT2D eigenvalue weighted by molar-refractivity contribution is 0.0509. The van der Waals surface area contributed by atoms with Gasteiger partial charge in [-0.3, -0.25) is 0 Å². The van der Waals surface area contributed by atoms with Crippen molar-refractivity contribution in [3.05, 3.63) is 53.6 Å². The molecule has 2 heterocycles. The van der Waals surface area contributed by atoms with Crippen LogP contribution in [0.1, 0.15) is 42.3 Å². The lowest BCUT2D eigenvalue weighted by Gasteiger charge is -2.34. The van der Waals surface area contributed by atoms with Gasteiger partial charge in [0.2, 0.25) is 0 Å². The van der Waals surface area contributed by atoms with E-state index in [1.165, 1.54) is 17.5 Å². The Morgan fingerprint density at radius 2 is 2.00 bits per heavy atom. The summed E-state index contributed by atoms with van der Waals surface area (Å²) in [5.41, 5.74) is 2.87. The Morgan fingerprint density at radius 1 is 1.25 bits per heavy atom. The molecule has 4 heteroatoms. The van der Waals surface area contributed by atoms with Crippen LogP contribution in [-0.4, -0.2) is 39.2 Å². The Bertz CT molecular complexity index is 644. The van der Waals surface area contributed by atoms with E-state index in [1.54, 1.807) is 6.20 Å². The summed E-state index contributed by atoms with van der Waals surface area (Å²) < 4.78 is 1.93. The van der Waals surface area contributed by atoms with Gasteiger partial charge in [-0.1, -0.05) is 24.3 Å². The van der Waals surface area contributed by atoms with Crippen LogP contribution in [0.4, 0.5) is 0 Å². The minimum atomic E-state index is -0.431. The minimum Gasteiger partial charge on any atom is -0.385 e. The van der Waals surface area contributed by atoms with E-state index in [9.17, 15) is 5.11 Å². The van der Waals surface area contributed by atoms with Crippen molar-refractivity contribution in [3.63, 3.8) is 0 Å². The number of benzene rings is 1. The number of imidazole rings is 1. The Labute approximate surface area is 145 Å². The Morgan fingerprint density at radius 3 is 2.67 bits per heavy atom. The average molecular weight is 327 g/mol. The summed E-state index contributed by atoms with van der Waals surface area (Å²) in [6.07, 6.45) is 7.70. The average Bonchev–Trinajstić information content (AvgIpc) is 3.03. The fourth-order valence-corrected chi connectivity index (χ4v) is 3.75. The van der Waals surface area contributed by atoms with Gasteiger partial charge in [-0.2, -0.15) is 0 Å². The van der Waals surface area contributed by atoms with E-state index in [-0.39, 0.29) is 0 Å². The van der Waals surface area contributed by atoms with Gasteiger partial charge >= 0.3 is 0 Å². The predicted molar refractivity (Wildman–Crippen MR) is 96.8 cm³/mol. The van der Waals surface area contributed by atoms with Crippen molar-refractivity contribution < 1.29 is 5.11 Å². The molecule has 1 aromatic carbocycles. The molecule has 130 valence electrons. The van der Waals surface area contributed by atoms with Gasteiger partial charge in [0.05, 0.1) is 0 Å². The summed E-state index contributed by atoms with van der Waals surface area (Å²) >= 11 is 0. The number of rotatable bonds is 6. The van der Waals surface area contributed by atoms with Crippen LogP contribution in [0.2, 0.25) is 0 Å². The fraction of sp³-hybridized carbons (Fsp3) is 0.550. The molecular weight excluding hydrogens is 298 g/mol. The van der Waals surface area contributed by atoms with Crippen molar-refractivity contribution in [2.75, 3.05) is 19.6 Å². The number of hydrogen-bond acceptors (Lipinski definition) is 3. The van der Waals surface area contributed by atoms with Crippen LogP contribution < -0.4 is 0 Å². The quantitative estimate of drug-likeness (QED) is 0.886. The molecule has 4 nitrogen and oxygen atoms in total. The second kappa shape index (κ2) is 7.95. The van der Waals surface area contributed by atoms with Crippen LogP contribution in [0.25, 0.3) is 0 Å². The smallest absolute Gasteiger partial charge is 0.137 e. The van der Waals surface area contributed by atoms with E-state index >= 15 is 0 Å². The third kappa shape index (κ3) is 4.05. The maximum atomic E-state index is 10.6. The first-order valence-electron chi connectivity index (χ1n) is 9.07. The first-order chi connectivity index (χ1) is 11.6. The van der Waals surface area contributed by atoms with Crippen LogP contribution in [-0.2, 0) is 13.5 Å². The third-order valence-corrected chi connectivity index (χ3v) is 5.38. The van der Waals surface area contributed by atoms with Crippen molar-refractivity contribution in [1.29, 1.82) is 0 Å². The number of aromatic nitrogens is 2. The molecule has 3 rings (SSSR count). The molecule has 0 spiro atoms. The van der Waals surface area contributed by atoms with Crippen molar-refractivity contribution >= 4 is 0 Å². The number of aryl methyl sites for hydroxylation is 3. The molecule has 1 saturated heterocycles. The van der Waals surface area contributed by atoms with Crippen molar-refractivity contribution in [2.45, 2.75) is 38.7 Å². The van der Waals surface area contributed by atoms with Gasteiger partial charge in [0, 0.05) is 19.4 Å². The molecule has 1 N–H and O–H groups in total. The molecule has 0 saturated carbocycles. The molecule has 0 aliphatic carbocycles. The van der Waals surface area contributed by atoms with E-state index in [4.69, 9.17) is 0 Å². The third-order valence-electron chi connectivity index (χ3n) is 5.38. The SMILES string of the molecule is Cc1ccccc1CCCN1CCC(C(O)c2nccn2C)CC1. The lowest BCUT2D eigenvalue weighted by atomic mass is 9.90. The maximum Gasteiger partial charge on any atom is 0.137 e. The minimum absolute atomic E-state index is 0.332. The molecule has 1 atom stereocenters. The topological polar surface area (TPSA) is 41.3 Å². The van der Waals surface area contributed by atoms with Crippen molar-refractivity contribution in [3.8, 4) is 0 Å². The maximum absolute atomic E-state index is 10.6. The number of aliphatic hydroxyl groups excluding tert-OH is 1. The Balaban J connectivity index is 1.42. The van der Waals surface area contributed by atoms with Gasteiger partial charge in [0.1, 0.15) is 11.9 Å². The number of likely N-dealkylation sites (tertiary alicyclic amines) is 1. The van der Waals surface area contributed by atoms with Crippen LogP contribution in [0, 0.1) is 12.8 Å². The summed E-state index contributed by atoms with van der Waals surface area (Å²) in [6, 6.07) is 8.67. The molecular formula is C20H29N3O. The van der Waals surface area contributed by atoms with Crippen LogP contribution >= 0.6 is 0 Å². The number of hydrogen-bond donors (Lipinski definition) is 1. The molecule has 0 bridgehead atoms. The molecule has 1 aliphatic heterocycles. The van der Waals surface area contributed by atoms with Gasteiger partial charge in [0.25, 0.3) is 0 Å². The van der Waals surface area contributed by atoms with Gasteiger partial charge in [-0.05, 0) is 69.3 Å². The second-order valence-electron chi connectivity index (χ2n) is 7.05. The molecule has 2 aromatic rings. The van der Waals surface area contributed by atoms with Gasteiger partial charge in [0.15, 0.2) is 0 Å². The number of piperidine rings is 1. The number of aliphatic hydroxyl groups is 1. The van der Waals surface area contributed by atoms with E-state index in [2.05, 4.69) is 41.1 Å². The summed E-state index contributed by atoms with van der Waals surface area (Å²) in [5, 5.41) is 10.6. The fourth-order valence-electron chi connectivity index (χ4n) is 3.75. The lowest BCUT2D eigenvalue weighted by Crippen LogP contribution is -2.36. The van der Waals surface area contributed by atoms with Gasteiger partial charge in [-0.25, -0.2) is 4.98 Å². The first kappa shape index (κ1) is 17.2.